The lowest BCUT2D eigenvalue weighted by molar-refractivity contribution is 0.100. The van der Waals surface area contributed by atoms with E-state index < -0.39 is 0 Å². The number of amides is 1. The van der Waals surface area contributed by atoms with E-state index in [9.17, 15) is 9.59 Å². The summed E-state index contributed by atoms with van der Waals surface area (Å²) < 4.78 is 0. The average Bonchev–Trinajstić information content (AvgIpc) is 2.84. The van der Waals surface area contributed by atoms with E-state index in [-0.39, 0.29) is 11.7 Å². The van der Waals surface area contributed by atoms with Crippen LogP contribution in [0.15, 0.2) is 79.1 Å². The first-order valence-electron chi connectivity index (χ1n) is 10.3. The highest BCUT2D eigenvalue weighted by molar-refractivity contribution is 6.05. The van der Waals surface area contributed by atoms with Crippen molar-refractivity contribution in [3.63, 3.8) is 0 Å². The normalized spacial score (nSPS) is 10.5. The Kier molecular flexibility index (Phi) is 6.36. The molecule has 8 heteroatoms. The van der Waals surface area contributed by atoms with Crippen molar-refractivity contribution in [2.24, 2.45) is 0 Å². The van der Waals surface area contributed by atoms with E-state index in [4.69, 9.17) is 5.73 Å². The van der Waals surface area contributed by atoms with Gasteiger partial charge in [-0.15, -0.1) is 0 Å². The molecule has 0 spiro atoms. The topological polar surface area (TPSA) is 123 Å². The molecular weight excluding hydrogens is 416 g/mol. The number of nitrogens with two attached hydrogens (primary N) is 1. The maximum absolute atomic E-state index is 12.5. The minimum absolute atomic E-state index is 0.0840. The van der Waals surface area contributed by atoms with Crippen molar-refractivity contribution in [3.05, 3.63) is 95.9 Å². The number of nitrogens with zero attached hydrogens (tertiary/aromatic N) is 3. The molecule has 0 aliphatic carbocycles. The molecule has 2 heterocycles. The zero-order chi connectivity index (χ0) is 23.2. The number of Topliss-reactive ketones (excluding diaryl/α,β-unsaturated/α-hetero) is 1. The lowest BCUT2D eigenvalue weighted by atomic mass is 10.1. The van der Waals surface area contributed by atoms with Gasteiger partial charge in [0.2, 0.25) is 5.95 Å². The molecule has 0 saturated heterocycles. The van der Waals surface area contributed by atoms with Crippen LogP contribution in [0.4, 0.5) is 17.3 Å². The molecule has 164 valence electrons. The molecule has 0 aliphatic rings. The van der Waals surface area contributed by atoms with E-state index in [1.54, 1.807) is 48.8 Å². The molecule has 2 aromatic heterocycles. The Hall–Kier alpha value is -4.59. The Morgan fingerprint density at radius 2 is 1.73 bits per heavy atom. The van der Waals surface area contributed by atoms with Crippen LogP contribution < -0.4 is 16.4 Å². The van der Waals surface area contributed by atoms with Crippen LogP contribution in [0.1, 0.15) is 33.3 Å². The molecular formula is C25H22N6O2. The van der Waals surface area contributed by atoms with Crippen LogP contribution in [0.2, 0.25) is 0 Å². The van der Waals surface area contributed by atoms with E-state index in [1.807, 2.05) is 30.3 Å². The molecule has 4 rings (SSSR count). The molecule has 0 atom stereocenters. The van der Waals surface area contributed by atoms with Crippen molar-refractivity contribution >= 4 is 29.0 Å². The third-order valence-electron chi connectivity index (χ3n) is 4.95. The van der Waals surface area contributed by atoms with Crippen LogP contribution in [0, 0.1) is 0 Å². The smallest absolute Gasteiger partial charge is 0.255 e. The Labute approximate surface area is 190 Å². The number of para-hydroxylation sites is 2. The first-order chi connectivity index (χ1) is 16.0. The number of carbonyl (C=O) groups excluding carboxylic acids is 2. The van der Waals surface area contributed by atoms with Gasteiger partial charge in [0.15, 0.2) is 5.78 Å². The van der Waals surface area contributed by atoms with Crippen molar-refractivity contribution in [1.82, 2.24) is 15.0 Å². The number of aromatic nitrogens is 3. The number of ketones is 1. The summed E-state index contributed by atoms with van der Waals surface area (Å²) in [7, 11) is 0. The van der Waals surface area contributed by atoms with Gasteiger partial charge in [-0.25, -0.2) is 9.97 Å². The van der Waals surface area contributed by atoms with Gasteiger partial charge in [-0.2, -0.15) is 0 Å². The number of nitrogen functional groups attached to an aromatic ring is 1. The SMILES string of the molecule is CC(=O)c1ccc(-c2ccnc(NCc3ccc(C(=O)Nc4ccccc4N)cc3)n2)cn1. The van der Waals surface area contributed by atoms with E-state index in [1.165, 1.54) is 6.92 Å². The summed E-state index contributed by atoms with van der Waals surface area (Å²) >= 11 is 0. The summed E-state index contributed by atoms with van der Waals surface area (Å²) in [6.45, 7) is 1.96. The van der Waals surface area contributed by atoms with Crippen LogP contribution in [0.3, 0.4) is 0 Å². The fraction of sp³-hybridized carbons (Fsp3) is 0.0800. The third kappa shape index (κ3) is 5.37. The maximum atomic E-state index is 12.5. The molecule has 0 fully saturated rings. The van der Waals surface area contributed by atoms with Crippen molar-refractivity contribution in [2.75, 3.05) is 16.4 Å². The second kappa shape index (κ2) is 9.69. The molecule has 33 heavy (non-hydrogen) atoms. The molecule has 0 unspecified atom stereocenters. The van der Waals surface area contributed by atoms with Gasteiger partial charge >= 0.3 is 0 Å². The van der Waals surface area contributed by atoms with Crippen molar-refractivity contribution in [2.45, 2.75) is 13.5 Å². The maximum Gasteiger partial charge on any atom is 0.255 e. The molecule has 4 aromatic rings. The Bertz CT molecular complexity index is 1290. The standard InChI is InChI=1S/C25H22N6O2/c1-16(32)21-11-10-19(15-28-21)22-12-13-27-25(31-22)29-14-17-6-8-18(9-7-17)24(33)30-23-5-3-2-4-20(23)26/h2-13,15H,14,26H2,1H3,(H,30,33)(H,27,29,31). The minimum Gasteiger partial charge on any atom is -0.397 e. The number of carbonyl (C=O) groups is 2. The summed E-state index contributed by atoms with van der Waals surface area (Å²) in [4.78, 5) is 36.8. The summed E-state index contributed by atoms with van der Waals surface area (Å²) in [5.41, 5.74) is 10.4. The first kappa shape index (κ1) is 21.6. The van der Waals surface area contributed by atoms with Crippen molar-refractivity contribution in [1.29, 1.82) is 0 Å². The Balaban J connectivity index is 1.38. The quantitative estimate of drug-likeness (QED) is 0.292. The monoisotopic (exact) mass is 438 g/mol. The summed E-state index contributed by atoms with van der Waals surface area (Å²) in [5.74, 6) is 0.150. The molecule has 0 saturated carbocycles. The highest BCUT2D eigenvalue weighted by Crippen LogP contribution is 2.19. The second-order valence-corrected chi connectivity index (χ2v) is 7.35. The highest BCUT2D eigenvalue weighted by atomic mass is 16.1. The zero-order valence-corrected chi connectivity index (χ0v) is 17.9. The van der Waals surface area contributed by atoms with Gasteiger partial charge < -0.3 is 16.4 Å². The molecule has 1 amide bonds. The van der Waals surface area contributed by atoms with Crippen LogP contribution in [-0.4, -0.2) is 26.6 Å². The first-order valence-corrected chi connectivity index (χ1v) is 10.3. The Morgan fingerprint density at radius 1 is 0.939 bits per heavy atom. The number of anilines is 3. The van der Waals surface area contributed by atoms with E-state index in [2.05, 4.69) is 25.6 Å². The van der Waals surface area contributed by atoms with Gasteiger partial charge in [0.1, 0.15) is 5.69 Å². The number of rotatable bonds is 7. The van der Waals surface area contributed by atoms with Gasteiger partial charge in [0, 0.05) is 37.0 Å². The predicted octanol–water partition coefficient (Wildman–Crippen LogP) is 4.19. The lowest BCUT2D eigenvalue weighted by Gasteiger charge is -2.09. The fourth-order valence-electron chi connectivity index (χ4n) is 3.12. The largest absolute Gasteiger partial charge is 0.397 e. The fourth-order valence-corrected chi connectivity index (χ4v) is 3.12. The van der Waals surface area contributed by atoms with E-state index in [0.717, 1.165) is 11.1 Å². The van der Waals surface area contributed by atoms with Crippen molar-refractivity contribution in [3.8, 4) is 11.3 Å². The number of nitrogens with one attached hydrogen (secondary N) is 2. The number of pyridine rings is 1. The number of benzene rings is 2. The van der Waals surface area contributed by atoms with Gasteiger partial charge in [0.05, 0.1) is 17.1 Å². The van der Waals surface area contributed by atoms with E-state index >= 15 is 0 Å². The van der Waals surface area contributed by atoms with Crippen LogP contribution in [0.25, 0.3) is 11.3 Å². The van der Waals surface area contributed by atoms with Crippen LogP contribution >= 0.6 is 0 Å². The van der Waals surface area contributed by atoms with Crippen molar-refractivity contribution < 1.29 is 9.59 Å². The second-order valence-electron chi connectivity index (χ2n) is 7.35. The molecule has 0 aliphatic heterocycles. The summed E-state index contributed by atoms with van der Waals surface area (Å²) in [6, 6.07) is 19.6. The van der Waals surface area contributed by atoms with Gasteiger partial charge in [-0.3, -0.25) is 14.6 Å². The Morgan fingerprint density at radius 3 is 2.42 bits per heavy atom. The molecule has 0 radical (unpaired) electrons. The lowest BCUT2D eigenvalue weighted by Crippen LogP contribution is -2.13. The van der Waals surface area contributed by atoms with Crippen LogP contribution in [0.5, 0.6) is 0 Å². The summed E-state index contributed by atoms with van der Waals surface area (Å²) in [6.07, 6.45) is 3.28. The van der Waals surface area contributed by atoms with Gasteiger partial charge in [-0.1, -0.05) is 24.3 Å². The van der Waals surface area contributed by atoms with Gasteiger partial charge in [0.25, 0.3) is 5.91 Å². The highest BCUT2D eigenvalue weighted by Gasteiger charge is 2.09. The average molecular weight is 438 g/mol. The molecule has 4 N–H and O–H groups in total. The van der Waals surface area contributed by atoms with Crippen LogP contribution in [-0.2, 0) is 6.54 Å². The third-order valence-corrected chi connectivity index (χ3v) is 4.95. The van der Waals surface area contributed by atoms with E-state index in [0.29, 0.717) is 40.8 Å². The molecule has 0 bridgehead atoms. The molecule has 2 aromatic carbocycles. The minimum atomic E-state index is -0.229. The van der Waals surface area contributed by atoms with Gasteiger partial charge in [-0.05, 0) is 48.0 Å². The number of hydrogen-bond acceptors (Lipinski definition) is 7. The number of hydrogen-bond donors (Lipinski definition) is 3. The predicted molar refractivity (Wildman–Crippen MR) is 128 cm³/mol. The summed E-state index contributed by atoms with van der Waals surface area (Å²) in [5, 5.41) is 5.99. The molecule has 8 nitrogen and oxygen atoms in total. The zero-order valence-electron chi connectivity index (χ0n) is 17.9.